The fourth-order valence-electron chi connectivity index (χ4n) is 1.73. The third-order valence-corrected chi connectivity index (χ3v) is 2.64. The van der Waals surface area contributed by atoms with Crippen molar-refractivity contribution in [2.24, 2.45) is 0 Å². The van der Waals surface area contributed by atoms with E-state index in [-0.39, 0.29) is 18.5 Å². The van der Waals surface area contributed by atoms with Gasteiger partial charge in [0.15, 0.2) is 0 Å². The van der Waals surface area contributed by atoms with Crippen LogP contribution in [-0.4, -0.2) is 12.1 Å². The predicted molar refractivity (Wildman–Crippen MR) is 74.3 cm³/mol. The van der Waals surface area contributed by atoms with Crippen LogP contribution in [0.3, 0.4) is 0 Å². The maximum atomic E-state index is 11.4. The molecule has 0 aromatic heterocycles. The molecule has 0 unspecified atom stereocenters. The van der Waals surface area contributed by atoms with Crippen LogP contribution in [0.4, 0.5) is 0 Å². The largest absolute Gasteiger partial charge is 0.462 e. The molecule has 1 rings (SSSR count). The van der Waals surface area contributed by atoms with Crippen LogP contribution >= 0.6 is 0 Å². The number of carbonyl (C=O) groups is 1. The van der Waals surface area contributed by atoms with Gasteiger partial charge in [-0.1, -0.05) is 42.5 Å². The van der Waals surface area contributed by atoms with E-state index >= 15 is 0 Å². The van der Waals surface area contributed by atoms with Gasteiger partial charge < -0.3 is 4.74 Å². The summed E-state index contributed by atoms with van der Waals surface area (Å²) in [5.41, 5.74) is 1.26. The van der Waals surface area contributed by atoms with Crippen LogP contribution in [0.25, 0.3) is 0 Å². The minimum atomic E-state index is -0.218. The summed E-state index contributed by atoms with van der Waals surface area (Å²) in [4.78, 5) is 11.4. The van der Waals surface area contributed by atoms with Crippen molar-refractivity contribution in [2.75, 3.05) is 0 Å². The second-order valence-corrected chi connectivity index (χ2v) is 4.15. The van der Waals surface area contributed by atoms with Gasteiger partial charge in [-0.15, -0.1) is 13.2 Å². The zero-order valence-electron chi connectivity index (χ0n) is 10.7. The summed E-state index contributed by atoms with van der Waals surface area (Å²) in [5.74, 6) is -0.218. The van der Waals surface area contributed by atoms with Crippen LogP contribution in [-0.2, 0) is 16.0 Å². The van der Waals surface area contributed by atoms with Crippen molar-refractivity contribution in [3.8, 4) is 0 Å². The highest BCUT2D eigenvalue weighted by atomic mass is 16.5. The molecule has 0 N–H and O–H groups in total. The van der Waals surface area contributed by atoms with E-state index in [1.807, 2.05) is 18.2 Å². The smallest absolute Gasteiger partial charge is 0.309 e. The molecule has 0 saturated carbocycles. The summed E-state index contributed by atoms with van der Waals surface area (Å²) >= 11 is 0. The van der Waals surface area contributed by atoms with Gasteiger partial charge in [0.1, 0.15) is 6.10 Å². The molecule has 0 saturated heterocycles. The van der Waals surface area contributed by atoms with E-state index in [1.165, 1.54) is 5.56 Å². The highest BCUT2D eigenvalue weighted by molar-refractivity contribution is 5.71. The molecule has 0 heterocycles. The number of rotatable bonds is 8. The Morgan fingerprint density at radius 1 is 1.22 bits per heavy atom. The van der Waals surface area contributed by atoms with E-state index in [4.69, 9.17) is 4.74 Å². The van der Waals surface area contributed by atoms with Crippen molar-refractivity contribution >= 4 is 5.97 Å². The Morgan fingerprint density at radius 3 is 2.56 bits per heavy atom. The van der Waals surface area contributed by atoms with Gasteiger partial charge in [-0.3, -0.25) is 4.79 Å². The molecule has 0 aliphatic rings. The maximum Gasteiger partial charge on any atom is 0.309 e. The lowest BCUT2D eigenvalue weighted by Crippen LogP contribution is -2.18. The van der Waals surface area contributed by atoms with Crippen LogP contribution in [0, 0.1) is 0 Å². The quantitative estimate of drug-likeness (QED) is 0.515. The average Bonchev–Trinajstić information content (AvgIpc) is 2.38. The highest BCUT2D eigenvalue weighted by Crippen LogP contribution is 2.11. The Hall–Kier alpha value is -1.83. The van der Waals surface area contributed by atoms with E-state index in [1.54, 1.807) is 12.2 Å². The number of hydrogen-bond acceptors (Lipinski definition) is 2. The predicted octanol–water partition coefficient (Wildman–Crippen LogP) is 3.68. The van der Waals surface area contributed by atoms with E-state index in [0.717, 1.165) is 12.8 Å². The molecule has 1 atom stereocenters. The summed E-state index contributed by atoms with van der Waals surface area (Å²) < 4.78 is 5.37. The second kappa shape index (κ2) is 8.29. The third-order valence-electron chi connectivity index (χ3n) is 2.64. The molecule has 0 spiro atoms. The third kappa shape index (κ3) is 5.48. The summed E-state index contributed by atoms with van der Waals surface area (Å²) in [7, 11) is 0. The molecule has 1 aromatic rings. The van der Waals surface area contributed by atoms with Crippen molar-refractivity contribution in [3.05, 3.63) is 61.2 Å². The summed E-state index contributed by atoms with van der Waals surface area (Å²) in [5, 5.41) is 0. The summed E-state index contributed by atoms with van der Waals surface area (Å²) in [6, 6.07) is 10.2. The molecule has 0 aliphatic carbocycles. The topological polar surface area (TPSA) is 26.3 Å². The Morgan fingerprint density at radius 2 is 1.94 bits per heavy atom. The molecule has 0 amide bonds. The minimum Gasteiger partial charge on any atom is -0.462 e. The molecule has 2 nitrogen and oxygen atoms in total. The molecule has 96 valence electrons. The van der Waals surface area contributed by atoms with Crippen LogP contribution in [0.15, 0.2) is 55.6 Å². The maximum absolute atomic E-state index is 11.4. The minimum absolute atomic E-state index is 0.0878. The first-order valence-electron chi connectivity index (χ1n) is 6.21. The molecule has 18 heavy (non-hydrogen) atoms. The zero-order valence-corrected chi connectivity index (χ0v) is 10.7. The first-order valence-corrected chi connectivity index (χ1v) is 6.21. The number of esters is 1. The van der Waals surface area contributed by atoms with Crippen LogP contribution in [0.2, 0.25) is 0 Å². The number of carbonyl (C=O) groups excluding carboxylic acids is 1. The van der Waals surface area contributed by atoms with Gasteiger partial charge in [0.05, 0.1) is 6.42 Å². The molecular weight excluding hydrogens is 224 g/mol. The molecule has 0 aliphatic heterocycles. The van der Waals surface area contributed by atoms with Gasteiger partial charge in [0.2, 0.25) is 0 Å². The van der Waals surface area contributed by atoms with Gasteiger partial charge in [-0.05, 0) is 18.4 Å². The Labute approximate surface area is 109 Å². The zero-order chi connectivity index (χ0) is 13.2. The fraction of sp³-hybridized carbons (Fsp3) is 0.312. The summed E-state index contributed by atoms with van der Waals surface area (Å²) in [6.07, 6.45) is 5.94. The first-order chi connectivity index (χ1) is 8.76. The van der Waals surface area contributed by atoms with Gasteiger partial charge in [0.25, 0.3) is 0 Å². The Balaban J connectivity index is 2.44. The van der Waals surface area contributed by atoms with Gasteiger partial charge >= 0.3 is 5.97 Å². The summed E-state index contributed by atoms with van der Waals surface area (Å²) in [6.45, 7) is 7.22. The van der Waals surface area contributed by atoms with Crippen molar-refractivity contribution in [1.82, 2.24) is 0 Å². The lowest BCUT2D eigenvalue weighted by molar-refractivity contribution is -0.148. The van der Waals surface area contributed by atoms with Gasteiger partial charge in [-0.25, -0.2) is 0 Å². The van der Waals surface area contributed by atoms with Crippen molar-refractivity contribution < 1.29 is 9.53 Å². The van der Waals surface area contributed by atoms with Crippen molar-refractivity contribution in [3.63, 3.8) is 0 Å². The molecule has 1 aromatic carbocycles. The van der Waals surface area contributed by atoms with Crippen molar-refractivity contribution in [1.29, 1.82) is 0 Å². The molecule has 0 radical (unpaired) electrons. The van der Waals surface area contributed by atoms with E-state index in [9.17, 15) is 4.79 Å². The van der Waals surface area contributed by atoms with Crippen LogP contribution in [0.5, 0.6) is 0 Å². The van der Waals surface area contributed by atoms with Crippen LogP contribution in [0.1, 0.15) is 24.8 Å². The Kier molecular flexibility index (Phi) is 6.55. The normalized spacial score (nSPS) is 11.6. The molecule has 0 fully saturated rings. The number of hydrogen-bond donors (Lipinski definition) is 0. The first kappa shape index (κ1) is 14.2. The Bertz CT molecular complexity index is 381. The monoisotopic (exact) mass is 244 g/mol. The second-order valence-electron chi connectivity index (χ2n) is 4.15. The van der Waals surface area contributed by atoms with E-state index < -0.39 is 0 Å². The SMILES string of the molecule is C=CCC(=O)O[C@@H](CC=C)CCc1ccccc1. The average molecular weight is 244 g/mol. The lowest BCUT2D eigenvalue weighted by atomic mass is 10.0. The number of ether oxygens (including phenoxy) is 1. The number of aryl methyl sites for hydroxylation is 1. The standard InChI is InChI=1S/C16H20O2/c1-3-8-15(18-16(17)9-4-2)13-12-14-10-6-5-7-11-14/h3-7,10-11,15H,1-2,8-9,12-13H2/t15-/m0/s1. The van der Waals surface area contributed by atoms with E-state index in [0.29, 0.717) is 6.42 Å². The molecule has 0 bridgehead atoms. The van der Waals surface area contributed by atoms with Gasteiger partial charge in [-0.2, -0.15) is 0 Å². The highest BCUT2D eigenvalue weighted by Gasteiger charge is 2.12. The van der Waals surface area contributed by atoms with Crippen LogP contribution < -0.4 is 0 Å². The fourth-order valence-corrected chi connectivity index (χ4v) is 1.73. The molecular formula is C16H20O2. The van der Waals surface area contributed by atoms with Gasteiger partial charge in [0, 0.05) is 6.42 Å². The van der Waals surface area contributed by atoms with E-state index in [2.05, 4.69) is 25.3 Å². The van der Waals surface area contributed by atoms with Crippen molar-refractivity contribution in [2.45, 2.75) is 31.8 Å². The lowest BCUT2D eigenvalue weighted by Gasteiger charge is -2.16. The number of benzene rings is 1. The molecule has 2 heteroatoms.